The molecule has 2 rings (SSSR count). The third-order valence-corrected chi connectivity index (χ3v) is 4.05. The molecule has 0 aliphatic carbocycles. The van der Waals surface area contributed by atoms with Gasteiger partial charge in [0, 0.05) is 35.8 Å². The Morgan fingerprint density at radius 2 is 1.93 bits per heavy atom. The van der Waals surface area contributed by atoms with Crippen molar-refractivity contribution in [3.8, 4) is 5.75 Å². The number of aromatic nitrogens is 1. The zero-order valence-corrected chi connectivity index (χ0v) is 17.5. The standard InChI is InChI=1S/C18H25N3O.C4H4O4/c1-4-6-14-8-10-20-18-16(14)11-15(22-3)12-17(18)21-13(2)7-5-9-19;5-3(6)1-2-4(7)8/h4,6,8,10-13,21H,5,7,9,19H2,1-3H3;1-2H,(H,5,6)(H,7,8)/b6-4+;2-1+. The number of hydrogen-bond acceptors (Lipinski definition) is 6. The van der Waals surface area contributed by atoms with Crippen molar-refractivity contribution in [2.75, 3.05) is 19.0 Å². The minimum atomic E-state index is -1.26. The summed E-state index contributed by atoms with van der Waals surface area (Å²) in [6.45, 7) is 4.89. The van der Waals surface area contributed by atoms with Crippen molar-refractivity contribution in [3.05, 3.63) is 48.2 Å². The molecule has 0 saturated carbocycles. The van der Waals surface area contributed by atoms with Gasteiger partial charge in [0.2, 0.25) is 0 Å². The average molecular weight is 415 g/mol. The molecule has 1 unspecified atom stereocenters. The van der Waals surface area contributed by atoms with Crippen LogP contribution in [0.25, 0.3) is 17.0 Å². The molecule has 1 heterocycles. The molecule has 0 saturated heterocycles. The monoisotopic (exact) mass is 415 g/mol. The molecule has 0 bridgehead atoms. The molecule has 8 heteroatoms. The number of aliphatic carboxylic acids is 2. The highest BCUT2D eigenvalue weighted by molar-refractivity contribution is 5.97. The first-order chi connectivity index (χ1) is 14.3. The number of carboxylic acids is 2. The van der Waals surface area contributed by atoms with Gasteiger partial charge in [-0.1, -0.05) is 12.2 Å². The minimum absolute atomic E-state index is 0.339. The normalized spacial score (nSPS) is 11.9. The highest BCUT2D eigenvalue weighted by Gasteiger charge is 2.11. The third kappa shape index (κ3) is 8.32. The number of methoxy groups -OCH3 is 1. The second kappa shape index (κ2) is 12.9. The van der Waals surface area contributed by atoms with Gasteiger partial charge in [-0.3, -0.25) is 4.98 Å². The molecule has 0 spiro atoms. The van der Waals surface area contributed by atoms with Gasteiger partial charge >= 0.3 is 11.9 Å². The van der Waals surface area contributed by atoms with Gasteiger partial charge in [0.25, 0.3) is 0 Å². The predicted molar refractivity (Wildman–Crippen MR) is 119 cm³/mol. The number of rotatable bonds is 9. The number of carbonyl (C=O) groups is 2. The summed E-state index contributed by atoms with van der Waals surface area (Å²) in [6.07, 6.45) is 9.12. The Hall–Kier alpha value is -3.39. The second-order valence-corrected chi connectivity index (χ2v) is 6.46. The quantitative estimate of drug-likeness (QED) is 0.457. The van der Waals surface area contributed by atoms with Crippen molar-refractivity contribution in [1.82, 2.24) is 4.98 Å². The van der Waals surface area contributed by atoms with Crippen molar-refractivity contribution in [2.24, 2.45) is 5.73 Å². The van der Waals surface area contributed by atoms with E-state index < -0.39 is 11.9 Å². The number of anilines is 1. The van der Waals surface area contributed by atoms with Crippen LogP contribution in [0, 0.1) is 0 Å². The van der Waals surface area contributed by atoms with Crippen LogP contribution in [0.2, 0.25) is 0 Å². The Kier molecular flexibility index (Phi) is 10.6. The number of carboxylic acid groups (broad SMARTS) is 2. The third-order valence-electron chi connectivity index (χ3n) is 4.05. The van der Waals surface area contributed by atoms with Gasteiger partial charge in [-0.2, -0.15) is 0 Å². The second-order valence-electron chi connectivity index (χ2n) is 6.46. The molecule has 5 N–H and O–H groups in total. The Bertz CT molecular complexity index is 893. The van der Waals surface area contributed by atoms with Crippen LogP contribution in [0.3, 0.4) is 0 Å². The average Bonchev–Trinajstić information content (AvgIpc) is 2.71. The Morgan fingerprint density at radius 3 is 2.47 bits per heavy atom. The smallest absolute Gasteiger partial charge is 0.328 e. The summed E-state index contributed by atoms with van der Waals surface area (Å²) in [4.78, 5) is 23.7. The molecular weight excluding hydrogens is 386 g/mol. The van der Waals surface area contributed by atoms with E-state index in [9.17, 15) is 9.59 Å². The van der Waals surface area contributed by atoms with Crippen LogP contribution < -0.4 is 15.8 Å². The van der Waals surface area contributed by atoms with Crippen LogP contribution in [0.5, 0.6) is 5.75 Å². The van der Waals surface area contributed by atoms with Gasteiger partial charge in [0.05, 0.1) is 18.3 Å². The largest absolute Gasteiger partial charge is 0.497 e. The molecule has 0 amide bonds. The number of hydrogen-bond donors (Lipinski definition) is 4. The van der Waals surface area contributed by atoms with E-state index in [1.807, 2.05) is 37.4 Å². The van der Waals surface area contributed by atoms with Crippen molar-refractivity contribution in [1.29, 1.82) is 0 Å². The summed E-state index contributed by atoms with van der Waals surface area (Å²) < 4.78 is 5.45. The first-order valence-corrected chi connectivity index (χ1v) is 9.52. The molecule has 0 fully saturated rings. The number of ether oxygens (including phenoxy) is 1. The number of pyridine rings is 1. The Morgan fingerprint density at radius 1 is 1.27 bits per heavy atom. The van der Waals surface area contributed by atoms with Gasteiger partial charge in [-0.05, 0) is 50.9 Å². The van der Waals surface area contributed by atoms with Crippen LogP contribution in [-0.4, -0.2) is 46.8 Å². The maximum atomic E-state index is 9.55. The van der Waals surface area contributed by atoms with Gasteiger partial charge in [0.15, 0.2) is 0 Å². The number of benzene rings is 1. The Balaban J connectivity index is 0.000000479. The number of nitrogens with zero attached hydrogens (tertiary/aromatic N) is 1. The lowest BCUT2D eigenvalue weighted by Crippen LogP contribution is -2.17. The summed E-state index contributed by atoms with van der Waals surface area (Å²) in [5, 5.41) is 20.3. The molecule has 0 aliphatic heterocycles. The van der Waals surface area contributed by atoms with E-state index >= 15 is 0 Å². The van der Waals surface area contributed by atoms with E-state index in [1.165, 1.54) is 0 Å². The molecule has 0 radical (unpaired) electrons. The highest BCUT2D eigenvalue weighted by atomic mass is 16.5. The molecule has 0 aliphatic rings. The number of nitrogens with one attached hydrogen (secondary N) is 1. The fraction of sp³-hybridized carbons (Fsp3) is 0.318. The fourth-order valence-corrected chi connectivity index (χ4v) is 2.71. The van der Waals surface area contributed by atoms with Crippen molar-refractivity contribution in [3.63, 3.8) is 0 Å². The van der Waals surface area contributed by atoms with Crippen LogP contribution in [-0.2, 0) is 9.59 Å². The molecule has 2 aromatic rings. The van der Waals surface area contributed by atoms with Crippen molar-refractivity contribution < 1.29 is 24.5 Å². The van der Waals surface area contributed by atoms with Crippen molar-refractivity contribution >= 4 is 34.6 Å². The molecule has 8 nitrogen and oxygen atoms in total. The summed E-state index contributed by atoms with van der Waals surface area (Å²) in [7, 11) is 1.69. The van der Waals surface area contributed by atoms with E-state index in [1.54, 1.807) is 7.11 Å². The summed E-state index contributed by atoms with van der Waals surface area (Å²) in [6, 6.07) is 6.40. The number of fused-ring (bicyclic) bond motifs is 1. The predicted octanol–water partition coefficient (Wildman–Crippen LogP) is 3.53. The van der Waals surface area contributed by atoms with E-state index in [-0.39, 0.29) is 0 Å². The lowest BCUT2D eigenvalue weighted by atomic mass is 10.1. The topological polar surface area (TPSA) is 135 Å². The molecule has 1 aromatic heterocycles. The van der Waals surface area contributed by atoms with Gasteiger partial charge in [-0.15, -0.1) is 0 Å². The molecule has 1 aromatic carbocycles. The van der Waals surface area contributed by atoms with Crippen molar-refractivity contribution in [2.45, 2.75) is 32.7 Å². The maximum Gasteiger partial charge on any atom is 0.328 e. The van der Waals surface area contributed by atoms with Crippen LogP contribution in [0.4, 0.5) is 5.69 Å². The van der Waals surface area contributed by atoms with E-state index in [2.05, 4.69) is 23.3 Å². The summed E-state index contributed by atoms with van der Waals surface area (Å²) >= 11 is 0. The Labute approximate surface area is 176 Å². The first kappa shape index (κ1) is 24.6. The zero-order valence-electron chi connectivity index (χ0n) is 17.5. The van der Waals surface area contributed by atoms with Gasteiger partial charge < -0.3 is 26.0 Å². The van der Waals surface area contributed by atoms with Crippen LogP contribution in [0.1, 0.15) is 32.3 Å². The zero-order chi connectivity index (χ0) is 22.5. The molecule has 1 atom stereocenters. The first-order valence-electron chi connectivity index (χ1n) is 9.52. The summed E-state index contributed by atoms with van der Waals surface area (Å²) in [5.74, 6) is -1.68. The highest BCUT2D eigenvalue weighted by Crippen LogP contribution is 2.31. The maximum absolute atomic E-state index is 9.55. The summed E-state index contributed by atoms with van der Waals surface area (Å²) in [5.41, 5.74) is 8.71. The van der Waals surface area contributed by atoms with Crippen LogP contribution in [0.15, 0.2) is 42.6 Å². The lowest BCUT2D eigenvalue weighted by Gasteiger charge is -2.17. The lowest BCUT2D eigenvalue weighted by molar-refractivity contribution is -0.134. The number of nitrogens with two attached hydrogens (primary N) is 1. The molecule has 162 valence electrons. The van der Waals surface area contributed by atoms with E-state index in [0.717, 1.165) is 40.7 Å². The fourth-order valence-electron chi connectivity index (χ4n) is 2.71. The minimum Gasteiger partial charge on any atom is -0.497 e. The van der Waals surface area contributed by atoms with E-state index in [0.29, 0.717) is 24.7 Å². The van der Waals surface area contributed by atoms with Crippen LogP contribution >= 0.6 is 0 Å². The SMILES string of the molecule is C/C=C/c1ccnc2c(NC(C)CCCN)cc(OC)cc12.O=C(O)/C=C/C(=O)O. The van der Waals surface area contributed by atoms with E-state index in [4.69, 9.17) is 20.7 Å². The molecular formula is C22H29N3O5. The molecule has 30 heavy (non-hydrogen) atoms. The van der Waals surface area contributed by atoms with Gasteiger partial charge in [0.1, 0.15) is 5.75 Å². The van der Waals surface area contributed by atoms with Gasteiger partial charge in [-0.25, -0.2) is 9.59 Å². The number of allylic oxidation sites excluding steroid dienone is 1.